The number of benzene rings is 2. The third-order valence-electron chi connectivity index (χ3n) is 3.29. The predicted molar refractivity (Wildman–Crippen MR) is 79.0 cm³/mol. The van der Waals surface area contributed by atoms with Crippen molar-refractivity contribution >= 4 is 20.8 Å². The van der Waals surface area contributed by atoms with E-state index < -0.39 is 36.9 Å². The van der Waals surface area contributed by atoms with Gasteiger partial charge in [0.25, 0.3) is 0 Å². The van der Waals surface area contributed by atoms with E-state index in [9.17, 15) is 22.0 Å². The second kappa shape index (κ2) is 5.27. The van der Waals surface area contributed by atoms with Crippen LogP contribution in [0.4, 0.5) is 8.78 Å². The van der Waals surface area contributed by atoms with Crippen LogP contribution in [0.1, 0.15) is 5.56 Å². The van der Waals surface area contributed by atoms with Gasteiger partial charge in [-0.15, -0.1) is 0 Å². The molecule has 3 rings (SSSR count). The fourth-order valence-corrected chi connectivity index (χ4v) is 3.55. The van der Waals surface area contributed by atoms with Gasteiger partial charge in [-0.1, -0.05) is 11.6 Å². The van der Waals surface area contributed by atoms with Crippen molar-refractivity contribution in [1.82, 2.24) is 0 Å². The van der Waals surface area contributed by atoms with Crippen molar-refractivity contribution in [2.45, 2.75) is 16.7 Å². The molecule has 1 aromatic heterocycles. The summed E-state index contributed by atoms with van der Waals surface area (Å²) < 4.78 is 56.5. The molecule has 118 valence electrons. The lowest BCUT2D eigenvalue weighted by molar-refractivity contribution is 0.530. The van der Waals surface area contributed by atoms with E-state index in [0.29, 0.717) is 23.6 Å². The normalized spacial score (nSPS) is 11.8. The minimum absolute atomic E-state index is 0.227. The molecule has 0 atom stereocenters. The Hall–Kier alpha value is -2.54. The van der Waals surface area contributed by atoms with Crippen molar-refractivity contribution in [2.24, 2.45) is 0 Å². The maximum atomic E-state index is 13.3. The Morgan fingerprint density at radius 3 is 2.26 bits per heavy atom. The van der Waals surface area contributed by atoms with E-state index in [-0.39, 0.29) is 5.58 Å². The van der Waals surface area contributed by atoms with Gasteiger partial charge in [0, 0.05) is 11.5 Å². The van der Waals surface area contributed by atoms with Crippen LogP contribution in [0.15, 0.2) is 61.5 Å². The molecule has 0 radical (unpaired) electrons. The zero-order valence-electron chi connectivity index (χ0n) is 11.8. The van der Waals surface area contributed by atoms with Crippen LogP contribution >= 0.6 is 0 Å². The number of halogens is 2. The van der Waals surface area contributed by atoms with Gasteiger partial charge in [-0.2, -0.15) is 0 Å². The lowest BCUT2D eigenvalue weighted by Gasteiger charge is -2.06. The van der Waals surface area contributed by atoms with Gasteiger partial charge in [-0.05, 0) is 37.3 Å². The van der Waals surface area contributed by atoms with Gasteiger partial charge in [0.05, 0.1) is 4.90 Å². The first kappa shape index (κ1) is 15.4. The average molecular weight is 336 g/mol. The van der Waals surface area contributed by atoms with Crippen LogP contribution in [0.25, 0.3) is 11.0 Å². The van der Waals surface area contributed by atoms with Crippen LogP contribution in [-0.4, -0.2) is 8.42 Å². The predicted octanol–water partition coefficient (Wildman–Crippen LogP) is 3.21. The zero-order chi connectivity index (χ0) is 16.8. The highest BCUT2D eigenvalue weighted by Gasteiger charge is 2.24. The molecule has 0 spiro atoms. The Morgan fingerprint density at radius 1 is 0.957 bits per heavy atom. The largest absolute Gasteiger partial charge is 0.422 e. The van der Waals surface area contributed by atoms with Gasteiger partial charge >= 0.3 is 5.63 Å². The third-order valence-corrected chi connectivity index (χ3v) is 5.01. The van der Waals surface area contributed by atoms with Gasteiger partial charge in [0.15, 0.2) is 4.90 Å². The topological polar surface area (TPSA) is 64.3 Å². The van der Waals surface area contributed by atoms with Crippen molar-refractivity contribution in [1.29, 1.82) is 0 Å². The fourth-order valence-electron chi connectivity index (χ4n) is 2.22. The molecule has 1 heterocycles. The number of fused-ring (bicyclic) bond motifs is 1. The zero-order valence-corrected chi connectivity index (χ0v) is 12.7. The lowest BCUT2D eigenvalue weighted by atomic mass is 10.2. The maximum absolute atomic E-state index is 13.3. The highest BCUT2D eigenvalue weighted by atomic mass is 32.2. The monoisotopic (exact) mass is 336 g/mol. The van der Waals surface area contributed by atoms with Crippen LogP contribution in [0, 0.1) is 18.6 Å². The molecule has 0 saturated heterocycles. The van der Waals surface area contributed by atoms with Crippen molar-refractivity contribution < 1.29 is 21.6 Å². The molecule has 0 amide bonds. The molecule has 0 unspecified atom stereocenters. The maximum Gasteiger partial charge on any atom is 0.355 e. The Bertz CT molecular complexity index is 1060. The molecule has 3 aromatic rings. The summed E-state index contributed by atoms with van der Waals surface area (Å²) in [6.07, 6.45) is 0. The van der Waals surface area contributed by atoms with E-state index >= 15 is 0 Å². The summed E-state index contributed by atoms with van der Waals surface area (Å²) in [4.78, 5) is 10.7. The molecule has 0 N–H and O–H groups in total. The van der Waals surface area contributed by atoms with Crippen molar-refractivity contribution in [3.8, 4) is 0 Å². The van der Waals surface area contributed by atoms with Crippen LogP contribution in [0.5, 0.6) is 0 Å². The minimum atomic E-state index is -4.41. The number of aryl methyl sites for hydroxylation is 1. The Labute approximate surface area is 129 Å². The first-order valence-corrected chi connectivity index (χ1v) is 8.01. The van der Waals surface area contributed by atoms with E-state index in [0.717, 1.165) is 11.6 Å². The van der Waals surface area contributed by atoms with E-state index in [1.807, 2.05) is 0 Å². The van der Waals surface area contributed by atoms with Gasteiger partial charge in [-0.25, -0.2) is 22.0 Å². The van der Waals surface area contributed by atoms with E-state index in [4.69, 9.17) is 4.42 Å². The summed E-state index contributed by atoms with van der Waals surface area (Å²) in [5.74, 6) is -2.10. The van der Waals surface area contributed by atoms with E-state index in [1.165, 1.54) is 0 Å². The quantitative estimate of drug-likeness (QED) is 0.674. The molecular weight excluding hydrogens is 326 g/mol. The Kier molecular flexibility index (Phi) is 3.52. The van der Waals surface area contributed by atoms with Gasteiger partial charge in [-0.3, -0.25) is 0 Å². The van der Waals surface area contributed by atoms with Crippen LogP contribution in [0.3, 0.4) is 0 Å². The van der Waals surface area contributed by atoms with Gasteiger partial charge in [0.2, 0.25) is 9.84 Å². The smallest absolute Gasteiger partial charge is 0.355 e. The van der Waals surface area contributed by atoms with Crippen molar-refractivity contribution in [3.05, 3.63) is 70.1 Å². The molecule has 0 aliphatic carbocycles. The summed E-state index contributed by atoms with van der Waals surface area (Å²) in [5, 5.41) is 0.403. The molecule has 0 saturated carbocycles. The number of rotatable bonds is 2. The summed E-state index contributed by atoms with van der Waals surface area (Å²) >= 11 is 0. The number of hydrogen-bond acceptors (Lipinski definition) is 4. The molecule has 0 bridgehead atoms. The SMILES string of the molecule is Cc1ccc2oc(=O)c(S(=O)(=O)c3cc(F)cc(F)c3)cc2c1. The van der Waals surface area contributed by atoms with Crippen molar-refractivity contribution in [3.63, 3.8) is 0 Å². The summed E-state index contributed by atoms with van der Waals surface area (Å²) in [6, 6.07) is 7.89. The molecule has 0 aliphatic rings. The minimum Gasteiger partial charge on any atom is -0.422 e. The standard InChI is InChI=1S/C16H10F2O4S/c1-9-2-3-14-10(4-9)5-15(16(19)22-14)23(20,21)13-7-11(17)6-12(18)8-13/h2-8H,1H3. The second-order valence-electron chi connectivity index (χ2n) is 5.05. The van der Waals surface area contributed by atoms with Crippen LogP contribution < -0.4 is 5.63 Å². The summed E-state index contributed by atoms with van der Waals surface area (Å²) in [7, 11) is -4.41. The van der Waals surface area contributed by atoms with E-state index in [1.54, 1.807) is 25.1 Å². The third kappa shape index (κ3) is 2.75. The molecule has 4 nitrogen and oxygen atoms in total. The van der Waals surface area contributed by atoms with Crippen molar-refractivity contribution in [2.75, 3.05) is 0 Å². The lowest BCUT2D eigenvalue weighted by Crippen LogP contribution is -2.14. The second-order valence-corrected chi connectivity index (χ2v) is 6.97. The first-order valence-electron chi connectivity index (χ1n) is 6.53. The molecule has 23 heavy (non-hydrogen) atoms. The fraction of sp³-hybridized carbons (Fsp3) is 0.0625. The number of hydrogen-bond donors (Lipinski definition) is 0. The van der Waals surface area contributed by atoms with E-state index in [2.05, 4.69) is 0 Å². The summed E-state index contributed by atoms with van der Waals surface area (Å²) in [6.45, 7) is 1.79. The molecule has 2 aromatic carbocycles. The number of sulfone groups is 1. The molecule has 0 aliphatic heterocycles. The molecule has 7 heteroatoms. The Morgan fingerprint density at radius 2 is 1.61 bits per heavy atom. The van der Waals surface area contributed by atoms with Crippen LogP contribution in [0.2, 0.25) is 0 Å². The molecular formula is C16H10F2O4S. The highest BCUT2D eigenvalue weighted by molar-refractivity contribution is 7.91. The van der Waals surface area contributed by atoms with Gasteiger partial charge in [0.1, 0.15) is 17.2 Å². The summed E-state index contributed by atoms with van der Waals surface area (Å²) in [5.41, 5.74) is -0.0255. The molecule has 0 fully saturated rings. The van der Waals surface area contributed by atoms with Gasteiger partial charge < -0.3 is 4.42 Å². The highest BCUT2D eigenvalue weighted by Crippen LogP contribution is 2.23. The Balaban J connectivity index is 2.29. The van der Waals surface area contributed by atoms with Crippen LogP contribution in [-0.2, 0) is 9.84 Å². The average Bonchev–Trinajstić information content (AvgIpc) is 2.46. The first-order chi connectivity index (χ1) is 10.8.